The smallest absolute Gasteiger partial charge is 0.263 e. The molecule has 29 heavy (non-hydrogen) atoms. The first-order valence-corrected chi connectivity index (χ1v) is 10.8. The Morgan fingerprint density at radius 3 is 2.31 bits per heavy atom. The second-order valence-corrected chi connectivity index (χ2v) is 8.93. The zero-order valence-corrected chi connectivity index (χ0v) is 17.9. The Kier molecular flexibility index (Phi) is 5.96. The molecule has 0 atom stereocenters. The van der Waals surface area contributed by atoms with Crippen LogP contribution >= 0.6 is 11.6 Å². The fraction of sp³-hybridized carbons (Fsp3) is 0.136. The van der Waals surface area contributed by atoms with Gasteiger partial charge in [0, 0.05) is 16.9 Å². The van der Waals surface area contributed by atoms with Gasteiger partial charge in [0.2, 0.25) is 0 Å². The summed E-state index contributed by atoms with van der Waals surface area (Å²) >= 11 is 6.13. The number of sulfonamides is 1. The summed E-state index contributed by atoms with van der Waals surface area (Å²) in [5, 5.41) is 2.82. The summed E-state index contributed by atoms with van der Waals surface area (Å²) in [4.78, 5) is 12.5. The average molecular weight is 429 g/mol. The van der Waals surface area contributed by atoms with Crippen molar-refractivity contribution in [3.8, 4) is 0 Å². The Morgan fingerprint density at radius 1 is 0.862 bits per heavy atom. The summed E-state index contributed by atoms with van der Waals surface area (Å²) in [5.41, 5.74) is 4.33. The van der Waals surface area contributed by atoms with Crippen LogP contribution in [0.15, 0.2) is 65.6 Å². The van der Waals surface area contributed by atoms with Gasteiger partial charge in [0.1, 0.15) is 4.90 Å². The maximum atomic E-state index is 12.8. The number of hydrogen-bond acceptors (Lipinski definition) is 3. The van der Waals surface area contributed by atoms with E-state index < -0.39 is 15.9 Å². The van der Waals surface area contributed by atoms with E-state index in [2.05, 4.69) is 10.0 Å². The van der Waals surface area contributed by atoms with Crippen LogP contribution in [-0.2, 0) is 10.0 Å². The number of carbonyl (C=O) groups is 1. The molecule has 3 aromatic rings. The van der Waals surface area contributed by atoms with Crippen molar-refractivity contribution < 1.29 is 13.2 Å². The number of rotatable bonds is 5. The number of amides is 1. The van der Waals surface area contributed by atoms with Crippen LogP contribution < -0.4 is 10.0 Å². The van der Waals surface area contributed by atoms with Crippen molar-refractivity contribution in [3.05, 3.63) is 87.9 Å². The molecular formula is C22H21ClN2O3S. The maximum Gasteiger partial charge on any atom is 0.263 e. The molecule has 0 unspecified atom stereocenters. The van der Waals surface area contributed by atoms with Crippen molar-refractivity contribution in [1.82, 2.24) is 0 Å². The van der Waals surface area contributed by atoms with Gasteiger partial charge in [0.15, 0.2) is 0 Å². The predicted octanol–water partition coefficient (Wildman–Crippen LogP) is 5.32. The number of halogens is 1. The number of anilines is 2. The molecule has 0 saturated carbocycles. The highest BCUT2D eigenvalue weighted by Crippen LogP contribution is 2.26. The van der Waals surface area contributed by atoms with E-state index in [1.807, 2.05) is 39.0 Å². The minimum absolute atomic E-state index is 0.0351. The molecule has 0 aliphatic rings. The molecule has 0 saturated heterocycles. The third-order valence-electron chi connectivity index (χ3n) is 4.52. The summed E-state index contributed by atoms with van der Waals surface area (Å²) in [6, 6.07) is 16.7. The minimum Gasteiger partial charge on any atom is -0.322 e. The van der Waals surface area contributed by atoms with Gasteiger partial charge in [-0.05, 0) is 79.9 Å². The number of carbonyl (C=O) groups excluding carboxylic acids is 1. The molecule has 0 heterocycles. The highest BCUT2D eigenvalue weighted by Gasteiger charge is 2.20. The normalized spacial score (nSPS) is 11.2. The van der Waals surface area contributed by atoms with Crippen LogP contribution in [0.5, 0.6) is 0 Å². The molecule has 0 aromatic heterocycles. The highest BCUT2D eigenvalue weighted by atomic mass is 35.5. The van der Waals surface area contributed by atoms with Crippen molar-refractivity contribution in [1.29, 1.82) is 0 Å². The van der Waals surface area contributed by atoms with Crippen LogP contribution in [0.4, 0.5) is 11.4 Å². The topological polar surface area (TPSA) is 75.3 Å². The van der Waals surface area contributed by atoms with Crippen molar-refractivity contribution >= 4 is 38.9 Å². The fourth-order valence-electron chi connectivity index (χ4n) is 2.79. The van der Waals surface area contributed by atoms with E-state index in [9.17, 15) is 13.2 Å². The van der Waals surface area contributed by atoms with E-state index in [0.29, 0.717) is 11.4 Å². The first kappa shape index (κ1) is 20.9. The van der Waals surface area contributed by atoms with Gasteiger partial charge in [-0.15, -0.1) is 0 Å². The average Bonchev–Trinajstić information content (AvgIpc) is 2.64. The third kappa shape index (κ3) is 4.96. The van der Waals surface area contributed by atoms with Crippen LogP contribution in [0.2, 0.25) is 5.02 Å². The van der Waals surface area contributed by atoms with E-state index in [4.69, 9.17) is 11.6 Å². The third-order valence-corrected chi connectivity index (χ3v) is 6.38. The first-order chi connectivity index (χ1) is 13.7. The lowest BCUT2D eigenvalue weighted by Gasteiger charge is -2.12. The Hall–Kier alpha value is -2.83. The summed E-state index contributed by atoms with van der Waals surface area (Å²) in [7, 11) is -3.96. The summed E-state index contributed by atoms with van der Waals surface area (Å²) in [5.74, 6) is -0.420. The molecule has 0 radical (unpaired) electrons. The van der Waals surface area contributed by atoms with Gasteiger partial charge < -0.3 is 5.32 Å². The zero-order chi connectivity index (χ0) is 21.2. The standard InChI is InChI=1S/C22H21ClN2O3S/c1-14-5-4-6-19(11-14)25-29(27,28)21-13-17(8-10-20(21)23)22(26)24-18-9-7-15(2)16(3)12-18/h4-13,25H,1-3H3,(H,24,26). The van der Waals surface area contributed by atoms with E-state index >= 15 is 0 Å². The van der Waals surface area contributed by atoms with Crippen LogP contribution in [-0.4, -0.2) is 14.3 Å². The van der Waals surface area contributed by atoms with Crippen LogP contribution in [0.1, 0.15) is 27.0 Å². The molecule has 3 aromatic carbocycles. The van der Waals surface area contributed by atoms with E-state index in [1.165, 1.54) is 18.2 Å². The molecule has 2 N–H and O–H groups in total. The fourth-order valence-corrected chi connectivity index (χ4v) is 4.37. The Balaban J connectivity index is 1.88. The first-order valence-electron chi connectivity index (χ1n) is 8.93. The van der Waals surface area contributed by atoms with Gasteiger partial charge in [-0.1, -0.05) is 29.8 Å². The van der Waals surface area contributed by atoms with Gasteiger partial charge in [-0.25, -0.2) is 8.42 Å². The molecule has 0 bridgehead atoms. The molecule has 1 amide bonds. The summed E-state index contributed by atoms with van der Waals surface area (Å²) in [6.45, 7) is 5.80. The Morgan fingerprint density at radius 2 is 1.62 bits per heavy atom. The van der Waals surface area contributed by atoms with E-state index in [1.54, 1.807) is 24.3 Å². The number of aryl methyl sites for hydroxylation is 3. The molecule has 0 spiro atoms. The molecule has 7 heteroatoms. The SMILES string of the molecule is Cc1cccc(NS(=O)(=O)c2cc(C(=O)Nc3ccc(C)c(C)c3)ccc2Cl)c1. The lowest BCUT2D eigenvalue weighted by atomic mass is 10.1. The van der Waals surface area contributed by atoms with Gasteiger partial charge in [-0.2, -0.15) is 0 Å². The highest BCUT2D eigenvalue weighted by molar-refractivity contribution is 7.92. The number of benzene rings is 3. The molecule has 150 valence electrons. The number of hydrogen-bond donors (Lipinski definition) is 2. The number of nitrogens with one attached hydrogen (secondary N) is 2. The van der Waals surface area contributed by atoms with Crippen molar-refractivity contribution in [3.63, 3.8) is 0 Å². The summed E-state index contributed by atoms with van der Waals surface area (Å²) in [6.07, 6.45) is 0. The predicted molar refractivity (Wildman–Crippen MR) is 117 cm³/mol. The summed E-state index contributed by atoms with van der Waals surface area (Å²) < 4.78 is 28.1. The molecule has 0 aliphatic heterocycles. The molecular weight excluding hydrogens is 408 g/mol. The molecule has 0 fully saturated rings. The van der Waals surface area contributed by atoms with Crippen LogP contribution in [0.25, 0.3) is 0 Å². The molecule has 0 aliphatic carbocycles. The second-order valence-electron chi connectivity index (χ2n) is 6.87. The Labute approximate surface area is 175 Å². The van der Waals surface area contributed by atoms with E-state index in [-0.39, 0.29) is 15.5 Å². The second kappa shape index (κ2) is 8.27. The van der Waals surface area contributed by atoms with Gasteiger partial charge in [-0.3, -0.25) is 9.52 Å². The largest absolute Gasteiger partial charge is 0.322 e. The van der Waals surface area contributed by atoms with Gasteiger partial charge >= 0.3 is 0 Å². The lowest BCUT2D eigenvalue weighted by Crippen LogP contribution is -2.16. The van der Waals surface area contributed by atoms with Gasteiger partial charge in [0.05, 0.1) is 5.02 Å². The molecule has 5 nitrogen and oxygen atoms in total. The monoisotopic (exact) mass is 428 g/mol. The van der Waals surface area contributed by atoms with Crippen molar-refractivity contribution in [2.24, 2.45) is 0 Å². The van der Waals surface area contributed by atoms with Crippen molar-refractivity contribution in [2.45, 2.75) is 25.7 Å². The Bertz CT molecular complexity index is 1190. The zero-order valence-electron chi connectivity index (χ0n) is 16.3. The van der Waals surface area contributed by atoms with Gasteiger partial charge in [0.25, 0.3) is 15.9 Å². The quantitative estimate of drug-likeness (QED) is 0.577. The lowest BCUT2D eigenvalue weighted by molar-refractivity contribution is 0.102. The maximum absolute atomic E-state index is 12.8. The molecule has 3 rings (SSSR count). The minimum atomic E-state index is -3.96. The van der Waals surface area contributed by atoms with Crippen molar-refractivity contribution in [2.75, 3.05) is 10.0 Å². The van der Waals surface area contributed by atoms with E-state index in [0.717, 1.165) is 16.7 Å². The van der Waals surface area contributed by atoms with Crippen LogP contribution in [0, 0.1) is 20.8 Å². The van der Waals surface area contributed by atoms with Crippen LogP contribution in [0.3, 0.4) is 0 Å².